The van der Waals surface area contributed by atoms with E-state index in [-0.39, 0.29) is 5.71 Å². The molecule has 0 aliphatic carbocycles. The first-order chi connectivity index (χ1) is 10.7. The molecule has 0 aliphatic heterocycles. The van der Waals surface area contributed by atoms with Gasteiger partial charge in [-0.3, -0.25) is 10.5 Å². The molecule has 22 heavy (non-hydrogen) atoms. The summed E-state index contributed by atoms with van der Waals surface area (Å²) in [7, 11) is 0. The molecule has 0 radical (unpaired) electrons. The van der Waals surface area contributed by atoms with Crippen molar-refractivity contribution < 1.29 is 0 Å². The van der Waals surface area contributed by atoms with Crippen LogP contribution in [0, 0.1) is 12.3 Å². The van der Waals surface area contributed by atoms with E-state index in [0.29, 0.717) is 29.6 Å². The molecule has 0 atom stereocenters. The van der Waals surface area contributed by atoms with Crippen molar-refractivity contribution in [2.24, 2.45) is 0 Å². The number of aromatic amines is 1. The number of anilines is 1. The number of nitrogens with one attached hydrogen (secondary N) is 3. The average molecular weight is 294 g/mol. The highest BCUT2D eigenvalue weighted by Gasteiger charge is 2.14. The van der Waals surface area contributed by atoms with Gasteiger partial charge in [-0.25, -0.2) is 19.9 Å². The molecule has 0 unspecified atom stereocenters. The van der Waals surface area contributed by atoms with E-state index in [1.165, 1.54) is 6.33 Å². The minimum absolute atomic E-state index is 0.212. The number of H-pyrrole nitrogens is 1. The van der Waals surface area contributed by atoms with Crippen LogP contribution in [-0.4, -0.2) is 35.8 Å². The van der Waals surface area contributed by atoms with Crippen LogP contribution in [0.15, 0.2) is 37.1 Å². The second kappa shape index (κ2) is 6.08. The van der Waals surface area contributed by atoms with Gasteiger partial charge in [-0.15, -0.1) is 0 Å². The molecule has 0 aromatic carbocycles. The fourth-order valence-corrected chi connectivity index (χ4v) is 1.93. The van der Waals surface area contributed by atoms with Gasteiger partial charge in [0.2, 0.25) is 0 Å². The van der Waals surface area contributed by atoms with E-state index in [1.807, 2.05) is 6.07 Å². The molecule has 0 saturated carbocycles. The number of aryl methyl sites for hydroxylation is 1. The summed E-state index contributed by atoms with van der Waals surface area (Å²) in [4.78, 5) is 16.4. The van der Waals surface area contributed by atoms with E-state index >= 15 is 0 Å². The van der Waals surface area contributed by atoms with Gasteiger partial charge in [-0.2, -0.15) is 5.10 Å². The molecular weight excluding hydrogens is 280 g/mol. The number of aromatic nitrogens is 6. The predicted molar refractivity (Wildman–Crippen MR) is 80.6 cm³/mol. The molecule has 8 nitrogen and oxygen atoms in total. The van der Waals surface area contributed by atoms with E-state index < -0.39 is 0 Å². The molecule has 0 fully saturated rings. The van der Waals surface area contributed by atoms with Gasteiger partial charge in [0, 0.05) is 36.3 Å². The lowest BCUT2D eigenvalue weighted by Gasteiger charge is -2.10. The summed E-state index contributed by atoms with van der Waals surface area (Å²) < 4.78 is 0. The van der Waals surface area contributed by atoms with Crippen molar-refractivity contribution in [3.05, 3.63) is 59.8 Å². The fraction of sp³-hybridized carbons (Fsp3) is 0.143. The molecule has 0 aliphatic rings. The first-order valence-corrected chi connectivity index (χ1v) is 6.65. The highest BCUT2D eigenvalue weighted by atomic mass is 15.2. The van der Waals surface area contributed by atoms with Gasteiger partial charge in [-0.1, -0.05) is 0 Å². The minimum Gasteiger partial charge on any atom is -0.365 e. The highest BCUT2D eigenvalue weighted by molar-refractivity contribution is 6.11. The lowest BCUT2D eigenvalue weighted by Crippen LogP contribution is -2.11. The van der Waals surface area contributed by atoms with Crippen LogP contribution < -0.4 is 5.32 Å². The quantitative estimate of drug-likeness (QED) is 0.611. The van der Waals surface area contributed by atoms with Crippen molar-refractivity contribution in [2.75, 3.05) is 5.32 Å². The summed E-state index contributed by atoms with van der Waals surface area (Å²) >= 11 is 0. The maximum Gasteiger partial charge on any atom is 0.199 e. The molecule has 3 aromatic rings. The van der Waals surface area contributed by atoms with Gasteiger partial charge in [0.05, 0.1) is 0 Å². The average Bonchev–Trinajstić information content (AvgIpc) is 3.00. The summed E-state index contributed by atoms with van der Waals surface area (Å²) in [6.45, 7) is 2.31. The van der Waals surface area contributed by atoms with Crippen molar-refractivity contribution in [3.63, 3.8) is 0 Å². The van der Waals surface area contributed by atoms with Gasteiger partial charge < -0.3 is 5.32 Å². The Labute approximate surface area is 126 Å². The summed E-state index contributed by atoms with van der Waals surface area (Å²) in [5, 5.41) is 18.2. The van der Waals surface area contributed by atoms with Crippen LogP contribution in [0.25, 0.3) is 0 Å². The third-order valence-electron chi connectivity index (χ3n) is 2.97. The molecule has 3 heterocycles. The lowest BCUT2D eigenvalue weighted by molar-refractivity contribution is 1.03. The Hall–Kier alpha value is -3.16. The Morgan fingerprint density at radius 3 is 2.86 bits per heavy atom. The summed E-state index contributed by atoms with van der Waals surface area (Å²) in [6.07, 6.45) is 6.61. The maximum atomic E-state index is 8.26. The standard InChI is InChI=1S/C14H14N8/c1-9-20-14(22-21-9)12(15)11-3-2-4-18-13(11)19-7-10-5-16-8-17-6-10/h2-6,8,15H,7H2,1H3,(H,18,19)(H,20,21,22). The van der Waals surface area contributed by atoms with E-state index in [9.17, 15) is 0 Å². The molecule has 0 amide bonds. The summed E-state index contributed by atoms with van der Waals surface area (Å²) in [6, 6.07) is 3.59. The number of pyridine rings is 1. The van der Waals surface area contributed by atoms with Crippen molar-refractivity contribution in [1.82, 2.24) is 30.1 Å². The SMILES string of the molecule is Cc1nc(C(=N)c2cccnc2NCc2cncnc2)n[nH]1. The zero-order valence-corrected chi connectivity index (χ0v) is 11.9. The fourth-order valence-electron chi connectivity index (χ4n) is 1.93. The van der Waals surface area contributed by atoms with Crippen molar-refractivity contribution >= 4 is 11.5 Å². The van der Waals surface area contributed by atoms with E-state index in [2.05, 4.69) is 35.5 Å². The monoisotopic (exact) mass is 294 g/mol. The third kappa shape index (κ3) is 2.95. The molecule has 0 spiro atoms. The topological polar surface area (TPSA) is 116 Å². The molecular formula is C14H14N8. The second-order valence-electron chi connectivity index (χ2n) is 4.62. The third-order valence-corrected chi connectivity index (χ3v) is 2.97. The van der Waals surface area contributed by atoms with Gasteiger partial charge in [0.15, 0.2) is 5.82 Å². The zero-order chi connectivity index (χ0) is 15.4. The Morgan fingerprint density at radius 2 is 2.14 bits per heavy atom. The van der Waals surface area contributed by atoms with Crippen LogP contribution in [0.3, 0.4) is 0 Å². The molecule has 3 aromatic heterocycles. The van der Waals surface area contributed by atoms with Crippen LogP contribution in [0.4, 0.5) is 5.82 Å². The Bertz CT molecular complexity index is 780. The van der Waals surface area contributed by atoms with Gasteiger partial charge in [0.1, 0.15) is 23.7 Å². The molecule has 0 bridgehead atoms. The largest absolute Gasteiger partial charge is 0.365 e. The number of nitrogens with zero attached hydrogens (tertiary/aromatic N) is 5. The van der Waals surface area contributed by atoms with Gasteiger partial charge in [-0.05, 0) is 19.1 Å². The minimum atomic E-state index is 0.212. The summed E-state index contributed by atoms with van der Waals surface area (Å²) in [5.74, 6) is 1.61. The molecule has 0 saturated heterocycles. The normalized spacial score (nSPS) is 10.4. The first kappa shape index (κ1) is 13.8. The molecule has 3 rings (SSSR count). The number of hydrogen-bond acceptors (Lipinski definition) is 7. The van der Waals surface area contributed by atoms with E-state index in [4.69, 9.17) is 5.41 Å². The molecule has 8 heteroatoms. The smallest absolute Gasteiger partial charge is 0.199 e. The Morgan fingerprint density at radius 1 is 1.32 bits per heavy atom. The van der Waals surface area contributed by atoms with Crippen molar-refractivity contribution in [3.8, 4) is 0 Å². The molecule has 3 N–H and O–H groups in total. The van der Waals surface area contributed by atoms with E-state index in [1.54, 1.807) is 31.6 Å². The van der Waals surface area contributed by atoms with Crippen LogP contribution in [0.5, 0.6) is 0 Å². The maximum absolute atomic E-state index is 8.26. The Balaban J connectivity index is 1.82. The first-order valence-electron chi connectivity index (χ1n) is 6.65. The highest BCUT2D eigenvalue weighted by Crippen LogP contribution is 2.15. The van der Waals surface area contributed by atoms with Crippen molar-refractivity contribution in [1.29, 1.82) is 5.41 Å². The van der Waals surface area contributed by atoms with E-state index in [0.717, 1.165) is 5.56 Å². The lowest BCUT2D eigenvalue weighted by atomic mass is 10.1. The second-order valence-corrected chi connectivity index (χ2v) is 4.62. The van der Waals surface area contributed by atoms with Gasteiger partial charge in [0.25, 0.3) is 0 Å². The number of hydrogen-bond donors (Lipinski definition) is 3. The van der Waals surface area contributed by atoms with Crippen LogP contribution in [0.1, 0.15) is 22.8 Å². The molecule has 110 valence electrons. The van der Waals surface area contributed by atoms with Crippen LogP contribution in [-0.2, 0) is 6.54 Å². The van der Waals surface area contributed by atoms with Crippen molar-refractivity contribution in [2.45, 2.75) is 13.5 Å². The Kier molecular flexibility index (Phi) is 3.82. The van der Waals surface area contributed by atoms with Gasteiger partial charge >= 0.3 is 0 Å². The number of rotatable bonds is 5. The predicted octanol–water partition coefficient (Wildman–Crippen LogP) is 1.33. The zero-order valence-electron chi connectivity index (χ0n) is 11.9. The summed E-state index contributed by atoms with van der Waals surface area (Å²) in [5.41, 5.74) is 1.78. The van der Waals surface area contributed by atoms with Crippen LogP contribution in [0.2, 0.25) is 0 Å². The van der Waals surface area contributed by atoms with Crippen LogP contribution >= 0.6 is 0 Å².